The van der Waals surface area contributed by atoms with Crippen LogP contribution in [0.3, 0.4) is 0 Å². The van der Waals surface area contributed by atoms with Crippen LogP contribution in [0, 0.1) is 0 Å². The third-order valence-corrected chi connectivity index (χ3v) is 3.63. The summed E-state index contributed by atoms with van der Waals surface area (Å²) in [5, 5.41) is 5.99. The Bertz CT molecular complexity index is 529. The second-order valence-electron chi connectivity index (χ2n) is 5.98. The molecule has 0 saturated carbocycles. The minimum atomic E-state index is -0.659. The van der Waals surface area contributed by atoms with Crippen LogP contribution in [0.25, 0.3) is 0 Å². The number of amides is 2. The maximum atomic E-state index is 12.4. The Labute approximate surface area is 146 Å². The van der Waals surface area contributed by atoms with Crippen LogP contribution in [0.4, 0.5) is 10.5 Å². The fourth-order valence-electron chi connectivity index (χ4n) is 1.72. The highest BCUT2D eigenvalue weighted by Crippen LogP contribution is 2.14. The first kappa shape index (κ1) is 19.6. The topological polar surface area (TPSA) is 67.4 Å². The third-order valence-electron chi connectivity index (χ3n) is 2.73. The number of ether oxygens (including phenoxy) is 1. The molecule has 2 amide bonds. The molecule has 1 atom stereocenters. The van der Waals surface area contributed by atoms with Gasteiger partial charge in [0, 0.05) is 10.7 Å². The summed E-state index contributed by atoms with van der Waals surface area (Å²) in [6.45, 7) is 5.33. The Kier molecular flexibility index (Phi) is 7.72. The number of thioether (sulfide) groups is 1. The van der Waals surface area contributed by atoms with E-state index in [1.165, 1.54) is 0 Å². The van der Waals surface area contributed by atoms with Gasteiger partial charge in [0.1, 0.15) is 11.6 Å². The average molecular weight is 359 g/mol. The molecule has 0 saturated heterocycles. The Morgan fingerprint density at radius 1 is 1.26 bits per heavy atom. The summed E-state index contributed by atoms with van der Waals surface area (Å²) in [7, 11) is 0. The van der Waals surface area contributed by atoms with Crippen LogP contribution in [0.1, 0.15) is 27.2 Å². The van der Waals surface area contributed by atoms with E-state index in [9.17, 15) is 9.59 Å². The summed E-state index contributed by atoms with van der Waals surface area (Å²) in [4.78, 5) is 24.3. The zero-order chi connectivity index (χ0) is 17.5. The molecule has 1 aromatic carbocycles. The number of rotatable bonds is 6. The molecule has 0 spiro atoms. The average Bonchev–Trinajstić information content (AvgIpc) is 2.43. The first-order valence-corrected chi connectivity index (χ1v) is 9.03. The minimum Gasteiger partial charge on any atom is -0.444 e. The van der Waals surface area contributed by atoms with Crippen LogP contribution in [0.5, 0.6) is 0 Å². The standard InChI is InChI=1S/C16H23ClN2O3S/c1-16(2,3)22-15(21)19-13(9-10-23-4)14(20)18-12-7-5-11(17)6-8-12/h5-8,13H,9-10H2,1-4H3,(H,18,20)(H,19,21)/t13-/m0/s1. The van der Waals surface area contributed by atoms with Gasteiger partial charge in [0.15, 0.2) is 0 Å². The monoisotopic (exact) mass is 358 g/mol. The fourth-order valence-corrected chi connectivity index (χ4v) is 2.31. The van der Waals surface area contributed by atoms with Gasteiger partial charge in [0.2, 0.25) is 5.91 Å². The van der Waals surface area contributed by atoms with Crippen molar-refractivity contribution in [1.82, 2.24) is 5.32 Å². The number of anilines is 1. The molecule has 0 bridgehead atoms. The highest BCUT2D eigenvalue weighted by atomic mass is 35.5. The van der Waals surface area contributed by atoms with Gasteiger partial charge in [-0.25, -0.2) is 4.79 Å². The quantitative estimate of drug-likeness (QED) is 0.808. The second kappa shape index (κ2) is 9.03. The highest BCUT2D eigenvalue weighted by Gasteiger charge is 2.24. The smallest absolute Gasteiger partial charge is 0.408 e. The molecule has 7 heteroatoms. The number of carbonyl (C=O) groups is 2. The molecule has 0 radical (unpaired) electrons. The van der Waals surface area contributed by atoms with Crippen LogP contribution in [0.2, 0.25) is 5.02 Å². The summed E-state index contributed by atoms with van der Waals surface area (Å²) in [5.74, 6) is 0.460. The van der Waals surface area contributed by atoms with Crippen LogP contribution in [-0.4, -0.2) is 35.7 Å². The molecular formula is C16H23ClN2O3S. The summed E-state index contributed by atoms with van der Waals surface area (Å²) >= 11 is 7.43. The zero-order valence-electron chi connectivity index (χ0n) is 13.8. The number of carbonyl (C=O) groups excluding carboxylic acids is 2. The van der Waals surface area contributed by atoms with E-state index in [4.69, 9.17) is 16.3 Å². The molecule has 128 valence electrons. The number of hydrogen-bond acceptors (Lipinski definition) is 4. The molecule has 0 aliphatic rings. The van der Waals surface area contributed by atoms with Crippen LogP contribution in [-0.2, 0) is 9.53 Å². The third kappa shape index (κ3) is 8.13. The molecule has 2 N–H and O–H groups in total. The predicted octanol–water partition coefficient (Wildman–Crippen LogP) is 3.92. The van der Waals surface area contributed by atoms with Gasteiger partial charge in [-0.15, -0.1) is 0 Å². The Hall–Kier alpha value is -1.40. The number of halogens is 1. The Morgan fingerprint density at radius 2 is 1.87 bits per heavy atom. The Morgan fingerprint density at radius 3 is 2.39 bits per heavy atom. The van der Waals surface area contributed by atoms with E-state index in [0.717, 1.165) is 5.75 Å². The van der Waals surface area contributed by atoms with E-state index in [1.807, 2.05) is 6.26 Å². The second-order valence-corrected chi connectivity index (χ2v) is 7.40. The lowest BCUT2D eigenvalue weighted by molar-refractivity contribution is -0.118. The van der Waals surface area contributed by atoms with E-state index >= 15 is 0 Å². The highest BCUT2D eigenvalue weighted by molar-refractivity contribution is 7.98. The Balaban J connectivity index is 2.69. The molecule has 0 aliphatic heterocycles. The first-order valence-electron chi connectivity index (χ1n) is 7.26. The van der Waals surface area contributed by atoms with Gasteiger partial charge in [-0.1, -0.05) is 11.6 Å². The number of benzene rings is 1. The van der Waals surface area contributed by atoms with Crippen LogP contribution in [0.15, 0.2) is 24.3 Å². The van der Waals surface area contributed by atoms with Gasteiger partial charge in [-0.3, -0.25) is 4.79 Å². The summed E-state index contributed by atoms with van der Waals surface area (Å²) in [5.41, 5.74) is 0.0143. The molecular weight excluding hydrogens is 336 g/mol. The molecule has 5 nitrogen and oxygen atoms in total. The minimum absolute atomic E-state index is 0.285. The fraction of sp³-hybridized carbons (Fsp3) is 0.500. The lowest BCUT2D eigenvalue weighted by atomic mass is 10.2. The maximum absolute atomic E-state index is 12.4. The van der Waals surface area contributed by atoms with Gasteiger partial charge in [-0.05, 0) is 63.5 Å². The molecule has 0 unspecified atom stereocenters. The molecule has 0 fully saturated rings. The number of nitrogens with one attached hydrogen (secondary N) is 2. The van der Waals surface area contributed by atoms with Crippen molar-refractivity contribution < 1.29 is 14.3 Å². The van der Waals surface area contributed by atoms with Crippen LogP contribution < -0.4 is 10.6 Å². The molecule has 1 rings (SSSR count). The zero-order valence-corrected chi connectivity index (χ0v) is 15.4. The molecule has 1 aromatic rings. The van der Waals surface area contributed by atoms with Gasteiger partial charge < -0.3 is 15.4 Å². The van der Waals surface area contributed by atoms with Crippen molar-refractivity contribution in [3.8, 4) is 0 Å². The molecule has 23 heavy (non-hydrogen) atoms. The van der Waals surface area contributed by atoms with Gasteiger partial charge >= 0.3 is 6.09 Å². The van der Waals surface area contributed by atoms with Crippen molar-refractivity contribution in [2.45, 2.75) is 38.8 Å². The normalized spacial score (nSPS) is 12.4. The number of hydrogen-bond donors (Lipinski definition) is 2. The number of alkyl carbamates (subject to hydrolysis) is 1. The molecule has 0 aromatic heterocycles. The van der Waals surface area contributed by atoms with Crippen molar-refractivity contribution in [2.75, 3.05) is 17.3 Å². The maximum Gasteiger partial charge on any atom is 0.408 e. The van der Waals surface area contributed by atoms with Gasteiger partial charge in [0.25, 0.3) is 0 Å². The first-order chi connectivity index (χ1) is 10.7. The SMILES string of the molecule is CSCC[C@H](NC(=O)OC(C)(C)C)C(=O)Nc1ccc(Cl)cc1. The summed E-state index contributed by atoms with van der Waals surface area (Å²) < 4.78 is 5.21. The van der Waals surface area contributed by atoms with E-state index in [0.29, 0.717) is 17.1 Å². The lowest BCUT2D eigenvalue weighted by Gasteiger charge is -2.23. The van der Waals surface area contributed by atoms with Crippen molar-refractivity contribution in [1.29, 1.82) is 0 Å². The largest absolute Gasteiger partial charge is 0.444 e. The van der Waals surface area contributed by atoms with Crippen molar-refractivity contribution in [2.24, 2.45) is 0 Å². The predicted molar refractivity (Wildman–Crippen MR) is 96.2 cm³/mol. The van der Waals surface area contributed by atoms with Gasteiger partial charge in [-0.2, -0.15) is 11.8 Å². The summed E-state index contributed by atoms with van der Waals surface area (Å²) in [6.07, 6.45) is 1.86. The van der Waals surface area contributed by atoms with Gasteiger partial charge in [0.05, 0.1) is 0 Å². The van der Waals surface area contributed by atoms with Crippen molar-refractivity contribution in [3.63, 3.8) is 0 Å². The summed E-state index contributed by atoms with van der Waals surface area (Å²) in [6, 6.07) is 6.14. The lowest BCUT2D eigenvalue weighted by Crippen LogP contribution is -2.46. The molecule has 0 heterocycles. The van der Waals surface area contributed by atoms with Crippen molar-refractivity contribution >= 4 is 41.1 Å². The molecule has 0 aliphatic carbocycles. The van der Waals surface area contributed by atoms with E-state index in [-0.39, 0.29) is 5.91 Å². The van der Waals surface area contributed by atoms with Crippen LogP contribution >= 0.6 is 23.4 Å². The van der Waals surface area contributed by atoms with E-state index in [1.54, 1.807) is 56.8 Å². The van der Waals surface area contributed by atoms with E-state index in [2.05, 4.69) is 10.6 Å². The van der Waals surface area contributed by atoms with Crippen molar-refractivity contribution in [3.05, 3.63) is 29.3 Å². The van der Waals surface area contributed by atoms with E-state index < -0.39 is 17.7 Å².